The number of H-pyrrole nitrogens is 1. The van der Waals surface area contributed by atoms with Crippen LogP contribution in [0.4, 0.5) is 10.1 Å². The standard InChI is InChI=1S/C26H25FN4O2/c1-17-24(25(23-7-2-3-10-28-23)31-11-13-33-14-12-31)21-16-20(8-9-22(21)29-17)30-26(32)18-5-4-6-19(27)15-18/h2-10,15-16,25,29H,11-14H2,1H3,(H,30,32)/t25-/m0/s1. The molecule has 33 heavy (non-hydrogen) atoms. The lowest BCUT2D eigenvalue weighted by atomic mass is 9.97. The molecule has 4 aromatic rings. The lowest BCUT2D eigenvalue weighted by Crippen LogP contribution is -2.40. The number of pyridine rings is 1. The summed E-state index contributed by atoms with van der Waals surface area (Å²) in [5.41, 5.74) is 5.07. The van der Waals surface area contributed by atoms with E-state index in [1.165, 1.54) is 18.2 Å². The van der Waals surface area contributed by atoms with Crippen LogP contribution in [-0.4, -0.2) is 47.1 Å². The summed E-state index contributed by atoms with van der Waals surface area (Å²) in [6.07, 6.45) is 1.82. The van der Waals surface area contributed by atoms with Crippen molar-refractivity contribution >= 4 is 22.5 Å². The molecule has 2 aromatic heterocycles. The molecule has 0 aliphatic carbocycles. The molecule has 1 fully saturated rings. The molecule has 0 unspecified atom stereocenters. The topological polar surface area (TPSA) is 70.2 Å². The van der Waals surface area contributed by atoms with E-state index >= 15 is 0 Å². The number of carbonyl (C=O) groups is 1. The number of benzene rings is 2. The number of aromatic nitrogens is 2. The average Bonchev–Trinajstić information content (AvgIpc) is 3.16. The van der Waals surface area contributed by atoms with Crippen molar-refractivity contribution in [3.8, 4) is 0 Å². The van der Waals surface area contributed by atoms with E-state index in [9.17, 15) is 9.18 Å². The van der Waals surface area contributed by atoms with Gasteiger partial charge in [-0.05, 0) is 55.5 Å². The summed E-state index contributed by atoms with van der Waals surface area (Å²) in [7, 11) is 0. The minimum atomic E-state index is -0.439. The van der Waals surface area contributed by atoms with E-state index in [0.717, 1.165) is 40.9 Å². The van der Waals surface area contributed by atoms with Crippen molar-refractivity contribution in [2.75, 3.05) is 31.6 Å². The number of morpholine rings is 1. The van der Waals surface area contributed by atoms with Crippen molar-refractivity contribution in [2.24, 2.45) is 0 Å². The summed E-state index contributed by atoms with van der Waals surface area (Å²) in [5.74, 6) is -0.789. The van der Waals surface area contributed by atoms with E-state index in [0.29, 0.717) is 18.9 Å². The first-order chi connectivity index (χ1) is 16.1. The van der Waals surface area contributed by atoms with Gasteiger partial charge < -0.3 is 15.0 Å². The zero-order chi connectivity index (χ0) is 22.8. The summed E-state index contributed by atoms with van der Waals surface area (Å²) >= 11 is 0. The first kappa shape index (κ1) is 21.3. The summed E-state index contributed by atoms with van der Waals surface area (Å²) < 4.78 is 19.1. The molecule has 5 rings (SSSR count). The molecule has 6 nitrogen and oxygen atoms in total. The third kappa shape index (κ3) is 4.37. The number of hydrogen-bond donors (Lipinski definition) is 2. The summed E-state index contributed by atoms with van der Waals surface area (Å²) in [6.45, 7) is 5.04. The Morgan fingerprint density at radius 1 is 1.12 bits per heavy atom. The van der Waals surface area contributed by atoms with Gasteiger partial charge in [-0.1, -0.05) is 12.1 Å². The number of halogens is 1. The number of nitrogens with zero attached hydrogens (tertiary/aromatic N) is 2. The number of aryl methyl sites for hydroxylation is 1. The van der Waals surface area contributed by atoms with Gasteiger partial charge in [-0.15, -0.1) is 0 Å². The highest BCUT2D eigenvalue weighted by molar-refractivity contribution is 6.05. The molecule has 0 spiro atoms. The van der Waals surface area contributed by atoms with Crippen LogP contribution in [0, 0.1) is 12.7 Å². The number of amides is 1. The van der Waals surface area contributed by atoms with Gasteiger partial charge in [0.15, 0.2) is 0 Å². The van der Waals surface area contributed by atoms with Crippen LogP contribution in [0.15, 0.2) is 66.9 Å². The zero-order valence-electron chi connectivity index (χ0n) is 18.3. The summed E-state index contributed by atoms with van der Waals surface area (Å²) in [5, 5.41) is 3.92. The van der Waals surface area contributed by atoms with Crippen LogP contribution in [0.5, 0.6) is 0 Å². The Balaban J connectivity index is 1.55. The first-order valence-corrected chi connectivity index (χ1v) is 11.0. The van der Waals surface area contributed by atoms with Crippen molar-refractivity contribution in [1.29, 1.82) is 0 Å². The van der Waals surface area contributed by atoms with E-state index < -0.39 is 5.82 Å². The van der Waals surface area contributed by atoms with Crippen molar-refractivity contribution in [2.45, 2.75) is 13.0 Å². The minimum Gasteiger partial charge on any atom is -0.379 e. The Morgan fingerprint density at radius 3 is 2.73 bits per heavy atom. The van der Waals surface area contributed by atoms with E-state index in [-0.39, 0.29) is 17.5 Å². The van der Waals surface area contributed by atoms with Gasteiger partial charge in [0.1, 0.15) is 5.82 Å². The molecule has 3 heterocycles. The molecular formula is C26H25FN4O2. The lowest BCUT2D eigenvalue weighted by Gasteiger charge is -2.34. The SMILES string of the molecule is Cc1[nH]c2ccc(NC(=O)c3cccc(F)c3)cc2c1[C@H](c1ccccn1)N1CCOCC1. The fourth-order valence-corrected chi connectivity index (χ4v) is 4.50. The van der Waals surface area contributed by atoms with Gasteiger partial charge >= 0.3 is 0 Å². The van der Waals surface area contributed by atoms with Crippen molar-refractivity contribution in [3.05, 3.63) is 95.2 Å². The first-order valence-electron chi connectivity index (χ1n) is 11.0. The smallest absolute Gasteiger partial charge is 0.255 e. The van der Waals surface area contributed by atoms with Crippen molar-refractivity contribution in [3.63, 3.8) is 0 Å². The molecule has 0 bridgehead atoms. The molecule has 2 aromatic carbocycles. The highest BCUT2D eigenvalue weighted by atomic mass is 19.1. The highest BCUT2D eigenvalue weighted by Crippen LogP contribution is 2.37. The van der Waals surface area contributed by atoms with E-state index in [1.807, 2.05) is 42.6 Å². The number of hydrogen-bond acceptors (Lipinski definition) is 4. The Kier molecular flexibility index (Phi) is 5.90. The van der Waals surface area contributed by atoms with E-state index in [4.69, 9.17) is 4.74 Å². The van der Waals surface area contributed by atoms with Gasteiger partial charge in [-0.25, -0.2) is 4.39 Å². The third-order valence-corrected chi connectivity index (χ3v) is 6.03. The van der Waals surface area contributed by atoms with Gasteiger partial charge in [0, 0.05) is 52.7 Å². The number of rotatable bonds is 5. The lowest BCUT2D eigenvalue weighted by molar-refractivity contribution is 0.0234. The van der Waals surface area contributed by atoms with Crippen LogP contribution in [0.1, 0.15) is 33.4 Å². The predicted octanol–water partition coefficient (Wildman–Crippen LogP) is 4.68. The fraction of sp³-hybridized carbons (Fsp3) is 0.231. The molecule has 0 saturated carbocycles. The van der Waals surface area contributed by atoms with Crippen LogP contribution in [-0.2, 0) is 4.74 Å². The monoisotopic (exact) mass is 444 g/mol. The molecule has 7 heteroatoms. The molecule has 1 atom stereocenters. The van der Waals surface area contributed by atoms with Crippen LogP contribution >= 0.6 is 0 Å². The van der Waals surface area contributed by atoms with Gasteiger partial charge in [0.25, 0.3) is 5.91 Å². The average molecular weight is 445 g/mol. The molecular weight excluding hydrogens is 419 g/mol. The second-order valence-electron chi connectivity index (χ2n) is 8.19. The molecule has 1 saturated heterocycles. The van der Waals surface area contributed by atoms with Gasteiger partial charge in [-0.3, -0.25) is 14.7 Å². The number of nitrogens with one attached hydrogen (secondary N) is 2. The normalized spacial score (nSPS) is 15.5. The highest BCUT2D eigenvalue weighted by Gasteiger charge is 2.29. The second-order valence-corrected chi connectivity index (χ2v) is 8.19. The Bertz CT molecular complexity index is 1280. The van der Waals surface area contributed by atoms with E-state index in [1.54, 1.807) is 6.07 Å². The van der Waals surface area contributed by atoms with Crippen molar-refractivity contribution in [1.82, 2.24) is 14.9 Å². The molecule has 1 aliphatic rings. The van der Waals surface area contributed by atoms with Crippen molar-refractivity contribution < 1.29 is 13.9 Å². The quantitative estimate of drug-likeness (QED) is 0.469. The van der Waals surface area contributed by atoms with Gasteiger partial charge in [-0.2, -0.15) is 0 Å². The molecule has 2 N–H and O–H groups in total. The van der Waals surface area contributed by atoms with Crippen LogP contribution < -0.4 is 5.32 Å². The maximum absolute atomic E-state index is 13.6. The zero-order valence-corrected chi connectivity index (χ0v) is 18.3. The maximum Gasteiger partial charge on any atom is 0.255 e. The molecule has 1 amide bonds. The van der Waals surface area contributed by atoms with Crippen LogP contribution in [0.2, 0.25) is 0 Å². The van der Waals surface area contributed by atoms with Gasteiger partial charge in [0.2, 0.25) is 0 Å². The molecule has 168 valence electrons. The van der Waals surface area contributed by atoms with E-state index in [2.05, 4.69) is 27.1 Å². The van der Waals surface area contributed by atoms with Crippen LogP contribution in [0.25, 0.3) is 10.9 Å². The Hall–Kier alpha value is -3.55. The number of ether oxygens (including phenoxy) is 1. The minimum absolute atomic E-state index is 0.0435. The fourth-order valence-electron chi connectivity index (χ4n) is 4.50. The largest absolute Gasteiger partial charge is 0.379 e. The second kappa shape index (κ2) is 9.13. The number of carbonyl (C=O) groups excluding carboxylic acids is 1. The number of aromatic amines is 1. The Morgan fingerprint density at radius 2 is 1.97 bits per heavy atom. The number of fused-ring (bicyclic) bond motifs is 1. The Labute approximate surface area is 191 Å². The molecule has 0 radical (unpaired) electrons. The van der Waals surface area contributed by atoms with Crippen LogP contribution in [0.3, 0.4) is 0 Å². The molecule has 1 aliphatic heterocycles. The summed E-state index contributed by atoms with van der Waals surface area (Å²) in [6, 6.07) is 17.4. The third-order valence-electron chi connectivity index (χ3n) is 6.03. The predicted molar refractivity (Wildman–Crippen MR) is 126 cm³/mol. The summed E-state index contributed by atoms with van der Waals surface area (Å²) in [4.78, 5) is 23.2. The number of anilines is 1. The van der Waals surface area contributed by atoms with Gasteiger partial charge in [0.05, 0.1) is 24.9 Å². The maximum atomic E-state index is 13.6.